The van der Waals surface area contributed by atoms with Crippen molar-refractivity contribution in [3.8, 4) is 0 Å². The SMILES string of the molecule is Cc1cc(C(=O)Nc2ccccc2N2CCCCC2)ccc1[N+](=O)[O-]. The van der Waals surface area contributed by atoms with Crippen LogP contribution >= 0.6 is 0 Å². The molecule has 2 aromatic rings. The topological polar surface area (TPSA) is 75.5 Å². The van der Waals surface area contributed by atoms with Crippen LogP contribution in [0.4, 0.5) is 17.1 Å². The van der Waals surface area contributed by atoms with Gasteiger partial charge >= 0.3 is 0 Å². The summed E-state index contributed by atoms with van der Waals surface area (Å²) in [7, 11) is 0. The van der Waals surface area contributed by atoms with Gasteiger partial charge in [-0.1, -0.05) is 12.1 Å². The van der Waals surface area contributed by atoms with Crippen LogP contribution in [0.1, 0.15) is 35.2 Å². The third-order valence-corrected chi connectivity index (χ3v) is 4.50. The molecule has 0 aromatic heterocycles. The summed E-state index contributed by atoms with van der Waals surface area (Å²) < 4.78 is 0. The Kier molecular flexibility index (Phi) is 4.97. The largest absolute Gasteiger partial charge is 0.370 e. The fourth-order valence-corrected chi connectivity index (χ4v) is 3.19. The van der Waals surface area contributed by atoms with Gasteiger partial charge in [-0.25, -0.2) is 0 Å². The van der Waals surface area contributed by atoms with Gasteiger partial charge in [0.1, 0.15) is 0 Å². The normalized spacial score (nSPS) is 14.2. The maximum atomic E-state index is 12.6. The molecule has 1 fully saturated rings. The number of nitro benzene ring substituents is 1. The Bertz CT molecular complexity index is 798. The monoisotopic (exact) mass is 339 g/mol. The average Bonchev–Trinajstić information content (AvgIpc) is 2.62. The molecule has 1 aliphatic rings. The first-order valence-corrected chi connectivity index (χ1v) is 8.46. The molecule has 130 valence electrons. The Morgan fingerprint density at radius 1 is 1.12 bits per heavy atom. The molecule has 1 N–H and O–H groups in total. The minimum absolute atomic E-state index is 0.0188. The molecule has 1 heterocycles. The minimum atomic E-state index is -0.442. The van der Waals surface area contributed by atoms with Crippen molar-refractivity contribution in [2.24, 2.45) is 0 Å². The zero-order valence-electron chi connectivity index (χ0n) is 14.2. The molecule has 0 bridgehead atoms. The average molecular weight is 339 g/mol. The zero-order chi connectivity index (χ0) is 17.8. The first-order chi connectivity index (χ1) is 12.1. The van der Waals surface area contributed by atoms with Crippen molar-refractivity contribution in [1.29, 1.82) is 0 Å². The summed E-state index contributed by atoms with van der Waals surface area (Å²) in [6.07, 6.45) is 3.56. The number of benzene rings is 2. The van der Waals surface area contributed by atoms with Crippen LogP contribution in [0.3, 0.4) is 0 Å². The van der Waals surface area contributed by atoms with E-state index in [2.05, 4.69) is 10.2 Å². The quantitative estimate of drug-likeness (QED) is 0.671. The highest BCUT2D eigenvalue weighted by molar-refractivity contribution is 6.06. The Balaban J connectivity index is 1.81. The van der Waals surface area contributed by atoms with E-state index in [1.807, 2.05) is 24.3 Å². The lowest BCUT2D eigenvalue weighted by molar-refractivity contribution is -0.385. The molecule has 1 aliphatic heterocycles. The molecule has 3 rings (SSSR count). The third kappa shape index (κ3) is 3.79. The number of carbonyl (C=O) groups is 1. The Morgan fingerprint density at radius 3 is 2.52 bits per heavy atom. The fraction of sp³-hybridized carbons (Fsp3) is 0.316. The molecule has 0 spiro atoms. The smallest absolute Gasteiger partial charge is 0.272 e. The maximum absolute atomic E-state index is 12.6. The van der Waals surface area contributed by atoms with Crippen molar-refractivity contribution in [2.45, 2.75) is 26.2 Å². The highest BCUT2D eigenvalue weighted by Crippen LogP contribution is 2.29. The predicted octanol–water partition coefficient (Wildman–Crippen LogP) is 4.15. The van der Waals surface area contributed by atoms with Crippen LogP contribution in [0, 0.1) is 17.0 Å². The lowest BCUT2D eigenvalue weighted by Crippen LogP contribution is -2.30. The summed E-state index contributed by atoms with van der Waals surface area (Å²) in [6.45, 7) is 3.61. The highest BCUT2D eigenvalue weighted by Gasteiger charge is 2.17. The van der Waals surface area contributed by atoms with E-state index in [1.54, 1.807) is 13.0 Å². The van der Waals surface area contributed by atoms with E-state index >= 15 is 0 Å². The number of nitrogens with zero attached hydrogens (tertiary/aromatic N) is 2. The molecule has 6 heteroatoms. The van der Waals surface area contributed by atoms with E-state index in [-0.39, 0.29) is 11.6 Å². The standard InChI is InChI=1S/C19H21N3O3/c1-14-13-15(9-10-17(14)22(24)25)19(23)20-16-7-3-4-8-18(16)21-11-5-2-6-12-21/h3-4,7-10,13H,2,5-6,11-12H2,1H3,(H,20,23). The maximum Gasteiger partial charge on any atom is 0.272 e. The van der Waals surface area contributed by atoms with E-state index in [0.29, 0.717) is 11.1 Å². The third-order valence-electron chi connectivity index (χ3n) is 4.50. The van der Waals surface area contributed by atoms with Crippen molar-refractivity contribution in [3.63, 3.8) is 0 Å². The van der Waals surface area contributed by atoms with E-state index < -0.39 is 4.92 Å². The van der Waals surface area contributed by atoms with Gasteiger partial charge in [0.2, 0.25) is 0 Å². The van der Waals surface area contributed by atoms with Crippen LogP contribution in [0.15, 0.2) is 42.5 Å². The van der Waals surface area contributed by atoms with Gasteiger partial charge in [-0.3, -0.25) is 14.9 Å². The molecule has 0 aliphatic carbocycles. The van der Waals surface area contributed by atoms with E-state index in [1.165, 1.54) is 18.6 Å². The van der Waals surface area contributed by atoms with Crippen LogP contribution in [-0.4, -0.2) is 23.9 Å². The Labute approximate surface area is 146 Å². The summed E-state index contributed by atoms with van der Waals surface area (Å²) in [4.78, 5) is 25.3. The molecule has 0 unspecified atom stereocenters. The summed E-state index contributed by atoms with van der Waals surface area (Å²) >= 11 is 0. The molecule has 25 heavy (non-hydrogen) atoms. The number of hydrogen-bond donors (Lipinski definition) is 1. The Hall–Kier alpha value is -2.89. The second kappa shape index (κ2) is 7.34. The van der Waals surface area contributed by atoms with Gasteiger partial charge in [-0.2, -0.15) is 0 Å². The second-order valence-electron chi connectivity index (χ2n) is 6.28. The Morgan fingerprint density at radius 2 is 1.84 bits per heavy atom. The van der Waals surface area contributed by atoms with Crippen LogP contribution in [-0.2, 0) is 0 Å². The van der Waals surface area contributed by atoms with Crippen LogP contribution in [0.5, 0.6) is 0 Å². The lowest BCUT2D eigenvalue weighted by atomic mass is 10.1. The molecular formula is C19H21N3O3. The van der Waals surface area contributed by atoms with Gasteiger partial charge in [0.25, 0.3) is 11.6 Å². The number of rotatable bonds is 4. The first kappa shape index (κ1) is 17.0. The molecule has 0 atom stereocenters. The number of hydrogen-bond acceptors (Lipinski definition) is 4. The van der Waals surface area contributed by atoms with Crippen molar-refractivity contribution in [3.05, 3.63) is 63.7 Å². The second-order valence-corrected chi connectivity index (χ2v) is 6.28. The van der Waals surface area contributed by atoms with Crippen molar-refractivity contribution in [1.82, 2.24) is 0 Å². The van der Waals surface area contributed by atoms with E-state index in [4.69, 9.17) is 0 Å². The van der Waals surface area contributed by atoms with Crippen molar-refractivity contribution < 1.29 is 9.72 Å². The highest BCUT2D eigenvalue weighted by atomic mass is 16.6. The van der Waals surface area contributed by atoms with Crippen LogP contribution < -0.4 is 10.2 Å². The van der Waals surface area contributed by atoms with Crippen LogP contribution in [0.25, 0.3) is 0 Å². The van der Waals surface area contributed by atoms with Gasteiger partial charge in [-0.15, -0.1) is 0 Å². The number of piperidine rings is 1. The number of nitro groups is 1. The van der Waals surface area contributed by atoms with Gasteiger partial charge in [-0.05, 0) is 50.5 Å². The number of aryl methyl sites for hydroxylation is 1. The van der Waals surface area contributed by atoms with Crippen molar-refractivity contribution >= 4 is 23.0 Å². The molecule has 0 radical (unpaired) electrons. The van der Waals surface area contributed by atoms with Gasteiger partial charge in [0, 0.05) is 30.3 Å². The molecule has 1 saturated heterocycles. The molecule has 1 amide bonds. The number of amides is 1. The summed E-state index contributed by atoms with van der Waals surface area (Å²) in [5.41, 5.74) is 2.70. The van der Waals surface area contributed by atoms with E-state index in [0.717, 1.165) is 37.3 Å². The van der Waals surface area contributed by atoms with Crippen molar-refractivity contribution in [2.75, 3.05) is 23.3 Å². The predicted molar refractivity (Wildman–Crippen MR) is 98.3 cm³/mol. The number of carbonyl (C=O) groups excluding carboxylic acids is 1. The summed E-state index contributed by atoms with van der Waals surface area (Å²) in [5.74, 6) is -0.262. The molecule has 6 nitrogen and oxygen atoms in total. The van der Waals surface area contributed by atoms with E-state index in [9.17, 15) is 14.9 Å². The number of anilines is 2. The van der Waals surface area contributed by atoms with Gasteiger partial charge in [0.05, 0.1) is 16.3 Å². The summed E-state index contributed by atoms with van der Waals surface area (Å²) in [5, 5.41) is 13.9. The van der Waals surface area contributed by atoms with Gasteiger partial charge in [0.15, 0.2) is 0 Å². The molecule has 0 saturated carbocycles. The fourth-order valence-electron chi connectivity index (χ4n) is 3.19. The minimum Gasteiger partial charge on any atom is -0.370 e. The van der Waals surface area contributed by atoms with Crippen LogP contribution in [0.2, 0.25) is 0 Å². The first-order valence-electron chi connectivity index (χ1n) is 8.46. The summed E-state index contributed by atoms with van der Waals surface area (Å²) in [6, 6.07) is 12.2. The number of nitrogens with one attached hydrogen (secondary N) is 1. The lowest BCUT2D eigenvalue weighted by Gasteiger charge is -2.30. The number of para-hydroxylation sites is 2. The molecular weight excluding hydrogens is 318 g/mol. The zero-order valence-corrected chi connectivity index (χ0v) is 14.2. The molecule has 2 aromatic carbocycles. The van der Waals surface area contributed by atoms with Gasteiger partial charge < -0.3 is 10.2 Å².